The zero-order valence-electron chi connectivity index (χ0n) is 11.5. The number of nitriles is 1. The van der Waals surface area contributed by atoms with Gasteiger partial charge in [0.05, 0.1) is 11.5 Å². The molecule has 0 amide bonds. The predicted octanol–water partition coefficient (Wildman–Crippen LogP) is 3.69. The zero-order valence-corrected chi connectivity index (χ0v) is 11.5. The maximum atomic E-state index is 11.4. The minimum atomic E-state index is -1.14. The molecule has 4 heteroatoms. The second kappa shape index (κ2) is 6.19. The molecule has 0 saturated carbocycles. The first-order valence-corrected chi connectivity index (χ1v) is 6.57. The average molecular weight is 279 g/mol. The molecule has 0 saturated heterocycles. The number of benzene rings is 2. The van der Waals surface area contributed by atoms with Gasteiger partial charge in [-0.1, -0.05) is 60.7 Å². The predicted molar refractivity (Wildman–Crippen MR) is 79.9 cm³/mol. The van der Waals surface area contributed by atoms with Crippen LogP contribution in [0.3, 0.4) is 0 Å². The molecule has 21 heavy (non-hydrogen) atoms. The molecular weight excluding hydrogens is 264 g/mol. The summed E-state index contributed by atoms with van der Waals surface area (Å²) in [5.74, 6) is 0. The second-order valence-corrected chi connectivity index (χ2v) is 4.98. The Hall–Kier alpha value is -2.67. The van der Waals surface area contributed by atoms with E-state index in [2.05, 4.69) is 13.0 Å². The molecule has 2 aromatic carbocycles. The van der Waals surface area contributed by atoms with E-state index in [1.165, 1.54) is 0 Å². The molecule has 0 heterocycles. The first-order valence-electron chi connectivity index (χ1n) is 6.57. The molecule has 2 atom stereocenters. The quantitative estimate of drug-likeness (QED) is 0.619. The third-order valence-electron chi connectivity index (χ3n) is 3.52. The number of hydrogen-bond acceptors (Lipinski definition) is 3. The lowest BCUT2D eigenvalue weighted by Gasteiger charge is -2.23. The highest BCUT2D eigenvalue weighted by atomic mass is 16.6. The summed E-state index contributed by atoms with van der Waals surface area (Å²) in [6.07, 6.45) is 0.0323. The molecule has 2 unspecified atom stereocenters. The Balaban J connectivity index is 2.36. The Morgan fingerprint density at radius 1 is 1.14 bits per heavy atom. The van der Waals surface area contributed by atoms with Gasteiger partial charge in [0.15, 0.2) is 0 Å². The highest BCUT2D eigenvalue weighted by Crippen LogP contribution is 2.34. The highest BCUT2D eigenvalue weighted by molar-refractivity contribution is 5.35. The zero-order chi connectivity index (χ0) is 15.3. The van der Waals surface area contributed by atoms with Crippen LogP contribution in [-0.4, -0.2) is 4.92 Å². The molecule has 0 bridgehead atoms. The fraction of sp³-hybridized carbons (Fsp3) is 0.176. The van der Waals surface area contributed by atoms with Crippen molar-refractivity contribution in [3.05, 3.63) is 88.8 Å². The van der Waals surface area contributed by atoms with Crippen molar-refractivity contribution in [2.24, 2.45) is 0 Å². The molecule has 0 aliphatic rings. The van der Waals surface area contributed by atoms with Gasteiger partial charge in [0, 0.05) is 16.9 Å². The van der Waals surface area contributed by atoms with E-state index in [9.17, 15) is 15.4 Å². The molecule has 105 valence electrons. The van der Waals surface area contributed by atoms with Crippen molar-refractivity contribution in [3.63, 3.8) is 0 Å². The lowest BCUT2D eigenvalue weighted by Crippen LogP contribution is -2.26. The average Bonchev–Trinajstić information content (AvgIpc) is 2.54. The van der Waals surface area contributed by atoms with Gasteiger partial charge in [0.25, 0.3) is 0 Å². The maximum Gasteiger partial charge on any atom is 0.239 e. The van der Waals surface area contributed by atoms with Crippen molar-refractivity contribution in [2.45, 2.75) is 17.9 Å². The Bertz CT molecular complexity index is 649. The molecule has 0 aliphatic carbocycles. The van der Waals surface area contributed by atoms with Crippen LogP contribution in [0.15, 0.2) is 60.7 Å². The summed E-state index contributed by atoms with van der Waals surface area (Å²) >= 11 is 0. The Morgan fingerprint density at radius 3 is 2.14 bits per heavy atom. The van der Waals surface area contributed by atoms with E-state index in [1.54, 1.807) is 54.6 Å². The smallest absolute Gasteiger partial charge is 0.239 e. The first kappa shape index (κ1) is 14.7. The van der Waals surface area contributed by atoms with E-state index in [4.69, 9.17) is 0 Å². The van der Waals surface area contributed by atoms with Gasteiger partial charge < -0.3 is 0 Å². The van der Waals surface area contributed by atoms with E-state index in [0.29, 0.717) is 11.1 Å². The largest absolute Gasteiger partial charge is 0.264 e. The minimum absolute atomic E-state index is 0.0323. The van der Waals surface area contributed by atoms with E-state index < -0.39 is 11.5 Å². The summed E-state index contributed by atoms with van der Waals surface area (Å²) in [6.45, 7) is 3.94. The lowest BCUT2D eigenvalue weighted by atomic mass is 9.77. The number of hydrogen-bond donors (Lipinski definition) is 0. The third kappa shape index (κ3) is 3.26. The van der Waals surface area contributed by atoms with Gasteiger partial charge in [-0.2, -0.15) is 5.26 Å². The molecule has 0 aliphatic heterocycles. The summed E-state index contributed by atoms with van der Waals surface area (Å²) in [6, 6.07) is 18.9. The van der Waals surface area contributed by atoms with Gasteiger partial charge in [-0.05, 0) is 12.5 Å². The lowest BCUT2D eigenvalue weighted by molar-refractivity contribution is -0.531. The van der Waals surface area contributed by atoms with Crippen molar-refractivity contribution in [1.82, 2.24) is 0 Å². The SMILES string of the molecule is [CH2]C(C#N)(CC(c1ccccc1)[N+](=O)[O-])c1ccccc1. The molecule has 2 aromatic rings. The molecule has 0 aromatic heterocycles. The fourth-order valence-electron chi connectivity index (χ4n) is 2.30. The molecule has 2 rings (SSSR count). The molecule has 0 spiro atoms. The van der Waals surface area contributed by atoms with Gasteiger partial charge in [0.1, 0.15) is 0 Å². The number of rotatable bonds is 5. The summed E-state index contributed by atoms with van der Waals surface area (Å²) in [5.41, 5.74) is 0.131. The maximum absolute atomic E-state index is 11.4. The third-order valence-corrected chi connectivity index (χ3v) is 3.52. The van der Waals surface area contributed by atoms with Gasteiger partial charge in [-0.15, -0.1) is 0 Å². The summed E-state index contributed by atoms with van der Waals surface area (Å²) < 4.78 is 0. The first-order chi connectivity index (χ1) is 10.1. The normalized spacial score (nSPS) is 14.7. The van der Waals surface area contributed by atoms with Crippen LogP contribution in [0, 0.1) is 28.4 Å². The van der Waals surface area contributed by atoms with Crippen LogP contribution in [0.5, 0.6) is 0 Å². The van der Waals surface area contributed by atoms with E-state index in [1.807, 2.05) is 6.07 Å². The fourth-order valence-corrected chi connectivity index (χ4v) is 2.30. The van der Waals surface area contributed by atoms with Gasteiger partial charge in [-0.3, -0.25) is 10.1 Å². The van der Waals surface area contributed by atoms with Crippen molar-refractivity contribution in [3.8, 4) is 6.07 Å². The Morgan fingerprint density at radius 2 is 1.67 bits per heavy atom. The summed E-state index contributed by atoms with van der Waals surface area (Å²) in [5, 5.41) is 20.9. The van der Waals surface area contributed by atoms with Crippen LogP contribution in [0.2, 0.25) is 0 Å². The van der Waals surface area contributed by atoms with Gasteiger partial charge in [-0.25, -0.2) is 0 Å². The standard InChI is InChI=1S/C17H15N2O2/c1-17(13-18,15-10-6-3-7-11-15)12-16(19(20)21)14-8-4-2-5-9-14/h2-11,16H,1,12H2. The molecule has 1 radical (unpaired) electrons. The van der Waals surface area contributed by atoms with Crippen LogP contribution < -0.4 is 0 Å². The Kier molecular flexibility index (Phi) is 4.34. The van der Waals surface area contributed by atoms with Crippen molar-refractivity contribution in [2.75, 3.05) is 0 Å². The van der Waals surface area contributed by atoms with Gasteiger partial charge in [0.2, 0.25) is 6.04 Å². The number of nitro groups is 1. The van der Waals surface area contributed by atoms with E-state index >= 15 is 0 Å². The Labute approximate surface area is 123 Å². The highest BCUT2D eigenvalue weighted by Gasteiger charge is 2.36. The number of nitrogens with zero attached hydrogens (tertiary/aromatic N) is 2. The van der Waals surface area contributed by atoms with Crippen molar-refractivity contribution < 1.29 is 4.92 Å². The van der Waals surface area contributed by atoms with Crippen LogP contribution in [0.1, 0.15) is 23.6 Å². The van der Waals surface area contributed by atoms with Crippen LogP contribution in [0.4, 0.5) is 0 Å². The second-order valence-electron chi connectivity index (χ2n) is 4.98. The minimum Gasteiger partial charge on any atom is -0.264 e. The molecule has 0 N–H and O–H groups in total. The summed E-state index contributed by atoms with van der Waals surface area (Å²) in [4.78, 5) is 11.0. The van der Waals surface area contributed by atoms with Crippen LogP contribution in [-0.2, 0) is 5.41 Å². The molecule has 0 fully saturated rings. The summed E-state index contributed by atoms with van der Waals surface area (Å²) in [7, 11) is 0. The van der Waals surface area contributed by atoms with Crippen molar-refractivity contribution in [1.29, 1.82) is 5.26 Å². The topological polar surface area (TPSA) is 66.9 Å². The molecular formula is C17H15N2O2. The molecule has 4 nitrogen and oxygen atoms in total. The van der Waals surface area contributed by atoms with Crippen LogP contribution >= 0.6 is 0 Å². The van der Waals surface area contributed by atoms with E-state index in [-0.39, 0.29) is 11.3 Å². The monoisotopic (exact) mass is 279 g/mol. The van der Waals surface area contributed by atoms with Crippen molar-refractivity contribution >= 4 is 0 Å². The van der Waals surface area contributed by atoms with E-state index in [0.717, 1.165) is 0 Å². The van der Waals surface area contributed by atoms with Crippen LogP contribution in [0.25, 0.3) is 0 Å². The van der Waals surface area contributed by atoms with Gasteiger partial charge >= 0.3 is 0 Å².